The van der Waals surface area contributed by atoms with Gasteiger partial charge in [0, 0.05) is 23.7 Å². The second-order valence-corrected chi connectivity index (χ2v) is 5.03. The summed E-state index contributed by atoms with van der Waals surface area (Å²) in [5, 5.41) is 3.83. The van der Waals surface area contributed by atoms with E-state index >= 15 is 0 Å². The first-order valence-corrected chi connectivity index (χ1v) is 6.90. The van der Waals surface area contributed by atoms with Gasteiger partial charge in [-0.3, -0.25) is 4.79 Å². The van der Waals surface area contributed by atoms with Gasteiger partial charge >= 0.3 is 0 Å². The number of primary amides is 1. The third kappa shape index (κ3) is 4.21. The minimum atomic E-state index is -0.479. The zero-order valence-electron chi connectivity index (χ0n) is 11.7. The van der Waals surface area contributed by atoms with Crippen LogP contribution in [0.3, 0.4) is 0 Å². The predicted molar refractivity (Wildman–Crippen MR) is 83.5 cm³/mol. The summed E-state index contributed by atoms with van der Waals surface area (Å²) in [7, 11) is 1.65. The van der Waals surface area contributed by atoms with E-state index in [1.807, 2.05) is 24.3 Å². The van der Waals surface area contributed by atoms with Gasteiger partial charge in [-0.05, 0) is 35.4 Å². The number of hydrogen-bond acceptors (Lipinski definition) is 3. The van der Waals surface area contributed by atoms with E-state index in [2.05, 4.69) is 5.32 Å². The highest BCUT2D eigenvalue weighted by molar-refractivity contribution is 6.31. The van der Waals surface area contributed by atoms with E-state index in [0.29, 0.717) is 23.7 Å². The molecule has 1 amide bonds. The topological polar surface area (TPSA) is 64.3 Å². The molecule has 2 rings (SSSR count). The minimum Gasteiger partial charge on any atom is -0.497 e. The van der Waals surface area contributed by atoms with E-state index in [-0.39, 0.29) is 0 Å². The summed E-state index contributed by atoms with van der Waals surface area (Å²) in [5.74, 6) is 0.353. The molecule has 3 N–H and O–H groups in total. The maximum absolute atomic E-state index is 11.1. The number of hydrogen-bond donors (Lipinski definition) is 2. The predicted octanol–water partition coefficient (Wildman–Crippen LogP) is 2.74. The highest BCUT2D eigenvalue weighted by Crippen LogP contribution is 2.18. The zero-order chi connectivity index (χ0) is 15.2. The Labute approximate surface area is 128 Å². The smallest absolute Gasteiger partial charge is 0.248 e. The van der Waals surface area contributed by atoms with Crippen molar-refractivity contribution in [1.29, 1.82) is 0 Å². The van der Waals surface area contributed by atoms with E-state index < -0.39 is 5.91 Å². The van der Waals surface area contributed by atoms with Gasteiger partial charge in [-0.15, -0.1) is 0 Å². The molecule has 0 aliphatic rings. The van der Waals surface area contributed by atoms with Crippen molar-refractivity contribution in [3.63, 3.8) is 0 Å². The molecular formula is C16H17ClN2O2. The maximum atomic E-state index is 11.1. The summed E-state index contributed by atoms with van der Waals surface area (Å²) >= 11 is 6.14. The van der Waals surface area contributed by atoms with Crippen molar-refractivity contribution in [2.24, 2.45) is 5.73 Å². The molecule has 0 unspecified atom stereocenters. The van der Waals surface area contributed by atoms with E-state index in [9.17, 15) is 4.79 Å². The van der Waals surface area contributed by atoms with Gasteiger partial charge in [-0.1, -0.05) is 29.8 Å². The first-order valence-electron chi connectivity index (χ1n) is 6.52. The molecule has 0 fully saturated rings. The van der Waals surface area contributed by atoms with Gasteiger partial charge in [0.25, 0.3) is 0 Å². The third-order valence-corrected chi connectivity index (χ3v) is 3.47. The van der Waals surface area contributed by atoms with Gasteiger partial charge in [0.1, 0.15) is 5.75 Å². The number of ether oxygens (including phenoxy) is 1. The molecule has 0 saturated heterocycles. The van der Waals surface area contributed by atoms with Crippen LogP contribution in [0.4, 0.5) is 0 Å². The number of methoxy groups -OCH3 is 1. The normalized spacial score (nSPS) is 10.4. The summed E-state index contributed by atoms with van der Waals surface area (Å²) in [5.41, 5.74) is 7.67. The highest BCUT2D eigenvalue weighted by Gasteiger charge is 2.05. The van der Waals surface area contributed by atoms with Crippen LogP contribution in [0.1, 0.15) is 21.5 Å². The SMILES string of the molecule is COc1cccc(CNCc2ccc(C(N)=O)cc2Cl)c1. The Kier molecular flexibility index (Phi) is 5.20. The molecule has 4 nitrogen and oxygen atoms in total. The summed E-state index contributed by atoms with van der Waals surface area (Å²) in [6.07, 6.45) is 0. The largest absolute Gasteiger partial charge is 0.497 e. The number of rotatable bonds is 6. The molecule has 0 atom stereocenters. The minimum absolute atomic E-state index is 0.413. The van der Waals surface area contributed by atoms with Gasteiger partial charge in [-0.25, -0.2) is 0 Å². The molecule has 0 bridgehead atoms. The Balaban J connectivity index is 1.95. The Morgan fingerprint density at radius 3 is 2.71 bits per heavy atom. The molecule has 110 valence electrons. The molecular weight excluding hydrogens is 288 g/mol. The Morgan fingerprint density at radius 2 is 2.05 bits per heavy atom. The second-order valence-electron chi connectivity index (χ2n) is 4.63. The van der Waals surface area contributed by atoms with Gasteiger partial charge < -0.3 is 15.8 Å². The van der Waals surface area contributed by atoms with Crippen molar-refractivity contribution >= 4 is 17.5 Å². The van der Waals surface area contributed by atoms with E-state index in [4.69, 9.17) is 22.1 Å². The maximum Gasteiger partial charge on any atom is 0.248 e. The molecule has 0 saturated carbocycles. The standard InChI is InChI=1S/C16H17ClN2O2/c1-21-14-4-2-3-11(7-14)9-19-10-13-6-5-12(16(18)20)8-15(13)17/h2-8,19H,9-10H2,1H3,(H2,18,20). The lowest BCUT2D eigenvalue weighted by molar-refractivity contribution is 0.100. The monoisotopic (exact) mass is 304 g/mol. The lowest BCUT2D eigenvalue weighted by atomic mass is 10.1. The van der Waals surface area contributed by atoms with Crippen LogP contribution in [0, 0.1) is 0 Å². The third-order valence-electron chi connectivity index (χ3n) is 3.12. The Bertz CT molecular complexity index is 644. The second kappa shape index (κ2) is 7.11. The Morgan fingerprint density at radius 1 is 1.24 bits per heavy atom. The number of nitrogens with two attached hydrogens (primary N) is 1. The summed E-state index contributed by atoms with van der Waals surface area (Å²) < 4.78 is 5.18. The summed E-state index contributed by atoms with van der Waals surface area (Å²) in [6, 6.07) is 12.9. The van der Waals surface area contributed by atoms with Crippen molar-refractivity contribution in [3.05, 3.63) is 64.2 Å². The number of amides is 1. The fourth-order valence-corrected chi connectivity index (χ4v) is 2.22. The molecule has 2 aromatic carbocycles. The molecule has 2 aromatic rings. The average Bonchev–Trinajstić information content (AvgIpc) is 2.49. The molecule has 0 aliphatic heterocycles. The lowest BCUT2D eigenvalue weighted by Crippen LogP contribution is -2.14. The van der Waals surface area contributed by atoms with Crippen LogP contribution in [0.25, 0.3) is 0 Å². The molecule has 21 heavy (non-hydrogen) atoms. The summed E-state index contributed by atoms with van der Waals surface area (Å²) in [4.78, 5) is 11.1. The van der Waals surface area contributed by atoms with Crippen molar-refractivity contribution in [3.8, 4) is 5.75 Å². The highest BCUT2D eigenvalue weighted by atomic mass is 35.5. The number of halogens is 1. The molecule has 0 spiro atoms. The van der Waals surface area contributed by atoms with Crippen LogP contribution in [-0.2, 0) is 13.1 Å². The molecule has 0 heterocycles. The van der Waals surface area contributed by atoms with Gasteiger partial charge in [0.15, 0.2) is 0 Å². The number of benzene rings is 2. The van der Waals surface area contributed by atoms with Gasteiger partial charge in [0.05, 0.1) is 7.11 Å². The van der Waals surface area contributed by atoms with Crippen molar-refractivity contribution in [2.45, 2.75) is 13.1 Å². The van der Waals surface area contributed by atoms with Gasteiger partial charge in [-0.2, -0.15) is 0 Å². The lowest BCUT2D eigenvalue weighted by Gasteiger charge is -2.09. The zero-order valence-corrected chi connectivity index (χ0v) is 12.5. The number of carbonyl (C=O) groups excluding carboxylic acids is 1. The van der Waals surface area contributed by atoms with Gasteiger partial charge in [0.2, 0.25) is 5.91 Å². The molecule has 5 heteroatoms. The average molecular weight is 305 g/mol. The van der Waals surface area contributed by atoms with Crippen LogP contribution in [0.5, 0.6) is 5.75 Å². The first kappa shape index (κ1) is 15.4. The van der Waals surface area contributed by atoms with Crippen LogP contribution >= 0.6 is 11.6 Å². The van der Waals surface area contributed by atoms with E-state index in [1.54, 1.807) is 25.3 Å². The van der Waals surface area contributed by atoms with Crippen LogP contribution < -0.4 is 15.8 Å². The van der Waals surface area contributed by atoms with Crippen LogP contribution in [-0.4, -0.2) is 13.0 Å². The van der Waals surface area contributed by atoms with Crippen molar-refractivity contribution in [2.75, 3.05) is 7.11 Å². The fourth-order valence-electron chi connectivity index (χ4n) is 1.97. The molecule has 0 aromatic heterocycles. The summed E-state index contributed by atoms with van der Waals surface area (Å²) in [6.45, 7) is 1.31. The number of carbonyl (C=O) groups is 1. The Hall–Kier alpha value is -2.04. The van der Waals surface area contributed by atoms with Crippen molar-refractivity contribution < 1.29 is 9.53 Å². The molecule has 0 aliphatic carbocycles. The van der Waals surface area contributed by atoms with Crippen molar-refractivity contribution in [1.82, 2.24) is 5.32 Å². The molecule has 0 radical (unpaired) electrons. The quantitative estimate of drug-likeness (QED) is 0.862. The first-order chi connectivity index (χ1) is 10.1. The fraction of sp³-hybridized carbons (Fsp3) is 0.188. The van der Waals surface area contributed by atoms with Crippen LogP contribution in [0.2, 0.25) is 5.02 Å². The van der Waals surface area contributed by atoms with E-state index in [0.717, 1.165) is 16.9 Å². The van der Waals surface area contributed by atoms with E-state index in [1.165, 1.54) is 0 Å². The van der Waals surface area contributed by atoms with Crippen LogP contribution in [0.15, 0.2) is 42.5 Å². The number of nitrogens with one attached hydrogen (secondary N) is 1.